The van der Waals surface area contributed by atoms with Crippen LogP contribution >= 0.6 is 11.6 Å². The van der Waals surface area contributed by atoms with Crippen LogP contribution in [0.25, 0.3) is 0 Å². The molecule has 6 nitrogen and oxygen atoms in total. The van der Waals surface area contributed by atoms with E-state index in [0.29, 0.717) is 31.8 Å². The van der Waals surface area contributed by atoms with Crippen molar-refractivity contribution < 1.29 is 17.9 Å². The number of rotatable bonds is 3. The summed E-state index contributed by atoms with van der Waals surface area (Å²) in [6.07, 6.45) is 0.428. The van der Waals surface area contributed by atoms with Crippen molar-refractivity contribution in [3.8, 4) is 0 Å². The molecule has 1 atom stereocenters. The van der Waals surface area contributed by atoms with E-state index in [4.69, 9.17) is 11.6 Å². The van der Waals surface area contributed by atoms with Crippen molar-refractivity contribution >= 4 is 27.9 Å². The molecule has 1 aliphatic rings. The molecule has 17 heavy (non-hydrogen) atoms. The maximum atomic E-state index is 11.7. The van der Waals surface area contributed by atoms with Crippen molar-refractivity contribution in [2.75, 3.05) is 20.2 Å². The molecule has 1 saturated heterocycles. The first-order valence-electron chi connectivity index (χ1n) is 5.36. The molecule has 1 aliphatic heterocycles. The number of nitrogens with zero attached hydrogens (tertiary/aromatic N) is 1. The molecule has 0 aromatic heterocycles. The molecular weight excluding hydrogens is 268 g/mol. The quantitative estimate of drug-likeness (QED) is 0.782. The Bertz CT molecular complexity index is 363. The summed E-state index contributed by atoms with van der Waals surface area (Å²) in [6, 6.07) is 0. The van der Waals surface area contributed by atoms with Crippen molar-refractivity contribution in [2.24, 2.45) is 5.92 Å². The number of methoxy groups -OCH3 is 1. The van der Waals surface area contributed by atoms with E-state index in [2.05, 4.69) is 4.74 Å². The number of hydrogen-bond acceptors (Lipinski definition) is 4. The fourth-order valence-corrected chi connectivity index (χ4v) is 3.15. The highest BCUT2D eigenvalue weighted by Gasteiger charge is 2.30. The monoisotopic (exact) mass is 284 g/mol. The minimum Gasteiger partial charge on any atom is -0.452 e. The molecule has 0 spiro atoms. The zero-order valence-corrected chi connectivity index (χ0v) is 11.4. The van der Waals surface area contributed by atoms with Gasteiger partial charge in [-0.05, 0) is 25.7 Å². The van der Waals surface area contributed by atoms with E-state index in [1.165, 1.54) is 4.31 Å². The van der Waals surface area contributed by atoms with Crippen LogP contribution in [-0.2, 0) is 14.9 Å². The van der Waals surface area contributed by atoms with E-state index in [-0.39, 0.29) is 5.38 Å². The molecule has 100 valence electrons. The molecule has 8 heteroatoms. The molecule has 1 amide bonds. The Morgan fingerprint density at radius 1 is 1.47 bits per heavy atom. The first-order valence-corrected chi connectivity index (χ1v) is 7.24. The van der Waals surface area contributed by atoms with Gasteiger partial charge >= 0.3 is 16.3 Å². The lowest BCUT2D eigenvalue weighted by molar-refractivity contribution is 0.176. The van der Waals surface area contributed by atoms with E-state index < -0.39 is 16.3 Å². The van der Waals surface area contributed by atoms with E-state index >= 15 is 0 Å². The van der Waals surface area contributed by atoms with E-state index in [0.717, 1.165) is 7.11 Å². The van der Waals surface area contributed by atoms with Gasteiger partial charge < -0.3 is 4.74 Å². The Balaban J connectivity index is 2.56. The van der Waals surface area contributed by atoms with Crippen LogP contribution in [0.5, 0.6) is 0 Å². The summed E-state index contributed by atoms with van der Waals surface area (Å²) in [4.78, 5) is 10.9. The minimum absolute atomic E-state index is 0.0356. The van der Waals surface area contributed by atoms with E-state index in [1.54, 1.807) is 0 Å². The lowest BCUT2D eigenvalue weighted by atomic mass is 9.95. The first kappa shape index (κ1) is 14.5. The average molecular weight is 285 g/mol. The Morgan fingerprint density at radius 2 is 2.00 bits per heavy atom. The second-order valence-electron chi connectivity index (χ2n) is 4.01. The highest BCUT2D eigenvalue weighted by molar-refractivity contribution is 7.87. The standard InChI is InChI=1S/C9H17ClN2O4S/c1-7(10)8-3-5-12(6-4-8)17(14,15)11-9(13)16-2/h7-8H,3-6H2,1-2H3,(H,11,13). The molecule has 0 aliphatic carbocycles. The zero-order valence-electron chi connectivity index (χ0n) is 9.85. The third-order valence-electron chi connectivity index (χ3n) is 2.89. The van der Waals surface area contributed by atoms with Crippen LogP contribution in [0.2, 0.25) is 0 Å². The predicted octanol–water partition coefficient (Wildman–Crippen LogP) is 0.927. The second-order valence-corrected chi connectivity index (χ2v) is 6.37. The maximum absolute atomic E-state index is 11.7. The third-order valence-corrected chi connectivity index (χ3v) is 4.71. The van der Waals surface area contributed by atoms with Crippen LogP contribution in [0, 0.1) is 5.92 Å². The normalized spacial score (nSPS) is 20.9. The van der Waals surface area contributed by atoms with E-state index in [9.17, 15) is 13.2 Å². The van der Waals surface area contributed by atoms with Gasteiger partial charge in [-0.25, -0.2) is 9.52 Å². The van der Waals surface area contributed by atoms with Crippen LogP contribution in [0.3, 0.4) is 0 Å². The predicted molar refractivity (Wildman–Crippen MR) is 64.1 cm³/mol. The lowest BCUT2D eigenvalue weighted by Gasteiger charge is -2.31. The van der Waals surface area contributed by atoms with Crippen LogP contribution in [0.4, 0.5) is 4.79 Å². The summed E-state index contributed by atoms with van der Waals surface area (Å²) in [5.41, 5.74) is 0. The Morgan fingerprint density at radius 3 is 2.41 bits per heavy atom. The van der Waals surface area contributed by atoms with Crippen LogP contribution < -0.4 is 4.72 Å². The van der Waals surface area contributed by atoms with Gasteiger partial charge in [0.2, 0.25) is 0 Å². The van der Waals surface area contributed by atoms with Gasteiger partial charge in [0.15, 0.2) is 0 Å². The first-order chi connectivity index (χ1) is 7.86. The molecule has 0 aromatic carbocycles. The van der Waals surface area contributed by atoms with Gasteiger partial charge in [-0.1, -0.05) is 0 Å². The van der Waals surface area contributed by atoms with Gasteiger partial charge in [-0.3, -0.25) is 0 Å². The molecule has 0 bridgehead atoms. The Kier molecular flexibility index (Phi) is 5.03. The number of carbonyl (C=O) groups excluding carboxylic acids is 1. The summed E-state index contributed by atoms with van der Waals surface area (Å²) >= 11 is 5.97. The van der Waals surface area contributed by atoms with Gasteiger partial charge in [-0.2, -0.15) is 12.7 Å². The van der Waals surface area contributed by atoms with Crippen molar-refractivity contribution in [1.82, 2.24) is 9.03 Å². The topological polar surface area (TPSA) is 75.7 Å². The van der Waals surface area contributed by atoms with Crippen molar-refractivity contribution in [2.45, 2.75) is 25.1 Å². The lowest BCUT2D eigenvalue weighted by Crippen LogP contribution is -2.47. The fourth-order valence-electron chi connectivity index (χ4n) is 1.79. The van der Waals surface area contributed by atoms with Gasteiger partial charge in [0, 0.05) is 18.5 Å². The summed E-state index contributed by atoms with van der Waals surface area (Å²) in [7, 11) is -2.66. The number of hydrogen-bond donors (Lipinski definition) is 1. The van der Waals surface area contributed by atoms with Crippen molar-refractivity contribution in [1.29, 1.82) is 0 Å². The summed E-state index contributed by atoms with van der Waals surface area (Å²) in [6.45, 7) is 2.64. The highest BCUT2D eigenvalue weighted by atomic mass is 35.5. The number of alkyl halides is 1. The maximum Gasteiger partial charge on any atom is 0.421 e. The van der Waals surface area contributed by atoms with E-state index in [1.807, 2.05) is 11.6 Å². The van der Waals surface area contributed by atoms with Gasteiger partial charge in [0.05, 0.1) is 7.11 Å². The van der Waals surface area contributed by atoms with Crippen molar-refractivity contribution in [3.63, 3.8) is 0 Å². The number of amides is 1. The number of piperidine rings is 1. The molecule has 1 unspecified atom stereocenters. The van der Waals surface area contributed by atoms with Gasteiger partial charge in [0.25, 0.3) is 0 Å². The number of carbonyl (C=O) groups is 1. The summed E-state index contributed by atoms with van der Waals surface area (Å²) in [5.74, 6) is 0.321. The molecule has 0 saturated carbocycles. The number of nitrogens with one attached hydrogen (secondary N) is 1. The van der Waals surface area contributed by atoms with Crippen LogP contribution in [0.15, 0.2) is 0 Å². The van der Waals surface area contributed by atoms with Gasteiger partial charge in [0.1, 0.15) is 0 Å². The van der Waals surface area contributed by atoms with Crippen molar-refractivity contribution in [3.05, 3.63) is 0 Å². The number of halogens is 1. The minimum atomic E-state index is -3.78. The van der Waals surface area contributed by atoms with Crippen LogP contribution in [0.1, 0.15) is 19.8 Å². The summed E-state index contributed by atoms with van der Waals surface area (Å²) < 4.78 is 30.7. The Hall–Kier alpha value is -0.530. The molecule has 1 rings (SSSR count). The molecule has 1 fully saturated rings. The second kappa shape index (κ2) is 5.88. The van der Waals surface area contributed by atoms with Crippen LogP contribution in [-0.4, -0.2) is 44.4 Å². The molecule has 0 radical (unpaired) electrons. The molecule has 1 heterocycles. The summed E-state index contributed by atoms with van der Waals surface area (Å²) in [5, 5.41) is 0.0356. The zero-order chi connectivity index (χ0) is 13.1. The highest BCUT2D eigenvalue weighted by Crippen LogP contribution is 2.24. The Labute approximate surface area is 106 Å². The molecule has 1 N–H and O–H groups in total. The van der Waals surface area contributed by atoms with Gasteiger partial charge in [-0.15, -0.1) is 11.6 Å². The fraction of sp³-hybridized carbons (Fsp3) is 0.889. The number of ether oxygens (including phenoxy) is 1. The largest absolute Gasteiger partial charge is 0.452 e. The molecular formula is C9H17ClN2O4S. The smallest absolute Gasteiger partial charge is 0.421 e. The molecule has 0 aromatic rings. The third kappa shape index (κ3) is 4.01. The average Bonchev–Trinajstić information content (AvgIpc) is 2.28. The SMILES string of the molecule is COC(=O)NS(=O)(=O)N1CCC(C(C)Cl)CC1.